The molecule has 4 nitrogen and oxygen atoms in total. The molecule has 1 heterocycles. The first-order valence-corrected chi connectivity index (χ1v) is 11.1. The second kappa shape index (κ2) is 8.61. The first-order chi connectivity index (χ1) is 12.0. The van der Waals surface area contributed by atoms with Crippen LogP contribution in [-0.4, -0.2) is 28.7 Å². The smallest absolute Gasteiger partial charge is 0.231 e. The van der Waals surface area contributed by atoms with Crippen LogP contribution in [0.4, 0.5) is 5.13 Å². The fraction of sp³-hybridized carbons (Fsp3) is 0.800. The van der Waals surface area contributed by atoms with Gasteiger partial charge in [-0.15, -0.1) is 11.3 Å². The molecule has 1 aromatic heterocycles. The Morgan fingerprint density at radius 1 is 1.38 bits per heavy atom. The number of hydrogen-bond donors (Lipinski definition) is 3. The van der Waals surface area contributed by atoms with E-state index in [0.29, 0.717) is 6.04 Å². The maximum absolute atomic E-state index is 12.9. The Morgan fingerprint density at radius 2 is 2.08 bits per heavy atom. The summed E-state index contributed by atoms with van der Waals surface area (Å²) in [5, 5.41) is 7.67. The van der Waals surface area contributed by atoms with Crippen LogP contribution >= 0.6 is 24.0 Å². The zero-order valence-electron chi connectivity index (χ0n) is 17.1. The van der Waals surface area contributed by atoms with Gasteiger partial charge >= 0.3 is 0 Å². The van der Waals surface area contributed by atoms with E-state index in [9.17, 15) is 4.79 Å². The van der Waals surface area contributed by atoms with Crippen LogP contribution in [0, 0.1) is 10.8 Å². The summed E-state index contributed by atoms with van der Waals surface area (Å²) in [5.74, 6) is 0.0475. The predicted molar refractivity (Wildman–Crippen MR) is 115 cm³/mol. The van der Waals surface area contributed by atoms with Crippen molar-refractivity contribution in [3.05, 3.63) is 10.6 Å². The van der Waals surface area contributed by atoms with Crippen molar-refractivity contribution in [2.75, 3.05) is 11.9 Å². The van der Waals surface area contributed by atoms with Gasteiger partial charge in [-0.05, 0) is 44.1 Å². The zero-order chi connectivity index (χ0) is 19.5. The van der Waals surface area contributed by atoms with E-state index in [-0.39, 0.29) is 16.6 Å². The van der Waals surface area contributed by atoms with Crippen molar-refractivity contribution >= 4 is 35.0 Å². The predicted octanol–water partition coefficient (Wildman–Crippen LogP) is 4.70. The van der Waals surface area contributed by atoms with Gasteiger partial charge in [0.15, 0.2) is 5.13 Å². The van der Waals surface area contributed by atoms with Crippen LogP contribution in [0.5, 0.6) is 0 Å². The van der Waals surface area contributed by atoms with Crippen molar-refractivity contribution in [3.63, 3.8) is 0 Å². The Morgan fingerprint density at radius 3 is 2.69 bits per heavy atom. The number of nitrogens with one attached hydrogen (secondary N) is 2. The second-order valence-electron chi connectivity index (χ2n) is 8.96. The molecule has 6 heteroatoms. The van der Waals surface area contributed by atoms with Gasteiger partial charge in [0.2, 0.25) is 5.91 Å². The van der Waals surface area contributed by atoms with Crippen molar-refractivity contribution in [2.24, 2.45) is 10.8 Å². The number of nitrogens with zero attached hydrogens (tertiary/aromatic N) is 1. The monoisotopic (exact) mass is 397 g/mol. The van der Waals surface area contributed by atoms with E-state index in [0.717, 1.165) is 43.8 Å². The lowest BCUT2D eigenvalue weighted by atomic mass is 9.73. The number of thiol groups is 1. The molecule has 2 N–H and O–H groups in total. The standard InChI is InChI=1S/C20H35N3OS2/c1-7-10-21-14-8-9-15-16(11-14)26-18(22-15)23-17(24)20(5,6)12-19(3,4)13(2)25/h13-14,21,25H,7-12H2,1-6H3,(H,22,23,24). The van der Waals surface area contributed by atoms with Gasteiger partial charge in [-0.25, -0.2) is 4.98 Å². The molecule has 148 valence electrons. The largest absolute Gasteiger partial charge is 0.314 e. The van der Waals surface area contributed by atoms with Gasteiger partial charge in [-0.1, -0.05) is 41.5 Å². The second-order valence-corrected chi connectivity index (χ2v) is 10.8. The van der Waals surface area contributed by atoms with Crippen LogP contribution in [-0.2, 0) is 17.6 Å². The number of amides is 1. The van der Waals surface area contributed by atoms with E-state index < -0.39 is 5.41 Å². The highest BCUT2D eigenvalue weighted by Gasteiger charge is 2.37. The number of rotatable bonds is 8. The molecule has 2 atom stereocenters. The van der Waals surface area contributed by atoms with E-state index in [1.165, 1.54) is 10.6 Å². The first-order valence-electron chi connectivity index (χ1n) is 9.76. The third-order valence-electron chi connectivity index (χ3n) is 5.49. The molecular formula is C20H35N3OS2. The number of thiazole rings is 1. The molecule has 1 amide bonds. The molecule has 0 fully saturated rings. The normalized spacial score (nSPS) is 19.1. The van der Waals surface area contributed by atoms with Crippen molar-refractivity contribution in [2.45, 2.75) is 84.9 Å². The molecule has 26 heavy (non-hydrogen) atoms. The number of carbonyl (C=O) groups excluding carboxylic acids is 1. The van der Waals surface area contributed by atoms with Gasteiger partial charge in [0, 0.05) is 21.6 Å². The summed E-state index contributed by atoms with van der Waals surface area (Å²) in [5.41, 5.74) is 0.698. The van der Waals surface area contributed by atoms with Gasteiger partial charge < -0.3 is 10.6 Å². The van der Waals surface area contributed by atoms with Crippen molar-refractivity contribution in [3.8, 4) is 0 Å². The van der Waals surface area contributed by atoms with Gasteiger partial charge in [0.1, 0.15) is 0 Å². The third-order valence-corrected chi connectivity index (χ3v) is 7.22. The molecule has 0 aromatic carbocycles. The lowest BCUT2D eigenvalue weighted by molar-refractivity contribution is -0.125. The van der Waals surface area contributed by atoms with Crippen LogP contribution in [0.3, 0.4) is 0 Å². The van der Waals surface area contributed by atoms with E-state index >= 15 is 0 Å². The van der Waals surface area contributed by atoms with Crippen LogP contribution in [0.1, 0.15) is 71.4 Å². The molecule has 0 radical (unpaired) electrons. The first kappa shape index (κ1) is 21.7. The summed E-state index contributed by atoms with van der Waals surface area (Å²) in [6.45, 7) is 13.7. The summed E-state index contributed by atoms with van der Waals surface area (Å²) < 4.78 is 0. The summed E-state index contributed by atoms with van der Waals surface area (Å²) in [6, 6.07) is 0.542. The Bertz CT molecular complexity index is 623. The number of aryl methyl sites for hydroxylation is 1. The Kier molecular flexibility index (Phi) is 7.19. The quantitative estimate of drug-likeness (QED) is 0.557. The summed E-state index contributed by atoms with van der Waals surface area (Å²) in [6.07, 6.45) is 5.09. The number of carbonyl (C=O) groups is 1. The van der Waals surface area contributed by atoms with E-state index in [1.807, 2.05) is 13.8 Å². The molecule has 2 unspecified atom stereocenters. The minimum atomic E-state index is -0.460. The van der Waals surface area contributed by atoms with Gasteiger partial charge in [-0.3, -0.25) is 4.79 Å². The average molecular weight is 398 g/mol. The highest BCUT2D eigenvalue weighted by atomic mass is 32.1. The molecule has 1 aromatic rings. The molecule has 2 rings (SSSR count). The van der Waals surface area contributed by atoms with Crippen molar-refractivity contribution < 1.29 is 4.79 Å². The molecule has 0 aliphatic heterocycles. The van der Waals surface area contributed by atoms with Gasteiger partial charge in [-0.2, -0.15) is 12.6 Å². The molecule has 1 aliphatic rings. The van der Waals surface area contributed by atoms with Crippen LogP contribution in [0.25, 0.3) is 0 Å². The Labute approximate surface area is 168 Å². The molecule has 1 aliphatic carbocycles. The topological polar surface area (TPSA) is 54.0 Å². The van der Waals surface area contributed by atoms with Crippen LogP contribution in [0.15, 0.2) is 0 Å². The minimum Gasteiger partial charge on any atom is -0.314 e. The maximum atomic E-state index is 12.9. The molecule has 0 spiro atoms. The molecule has 0 saturated heterocycles. The Balaban J connectivity index is 2.01. The lowest BCUT2D eigenvalue weighted by Crippen LogP contribution is -2.37. The number of anilines is 1. The summed E-state index contributed by atoms with van der Waals surface area (Å²) in [7, 11) is 0. The average Bonchev–Trinajstić information content (AvgIpc) is 2.93. The summed E-state index contributed by atoms with van der Waals surface area (Å²) in [4.78, 5) is 18.9. The molecule has 0 bridgehead atoms. The van der Waals surface area contributed by atoms with Crippen molar-refractivity contribution in [1.82, 2.24) is 10.3 Å². The van der Waals surface area contributed by atoms with Crippen molar-refractivity contribution in [1.29, 1.82) is 0 Å². The zero-order valence-corrected chi connectivity index (χ0v) is 18.8. The maximum Gasteiger partial charge on any atom is 0.231 e. The van der Waals surface area contributed by atoms with E-state index in [2.05, 4.69) is 51.0 Å². The van der Waals surface area contributed by atoms with E-state index in [4.69, 9.17) is 4.98 Å². The minimum absolute atomic E-state index is 0.00969. The number of aromatic nitrogens is 1. The lowest BCUT2D eigenvalue weighted by Gasteiger charge is -2.36. The highest BCUT2D eigenvalue weighted by molar-refractivity contribution is 7.81. The van der Waals surface area contributed by atoms with Gasteiger partial charge in [0.25, 0.3) is 0 Å². The van der Waals surface area contributed by atoms with Crippen LogP contribution < -0.4 is 10.6 Å². The fourth-order valence-electron chi connectivity index (χ4n) is 3.58. The fourth-order valence-corrected chi connectivity index (χ4v) is 4.76. The highest BCUT2D eigenvalue weighted by Crippen LogP contribution is 2.39. The van der Waals surface area contributed by atoms with E-state index in [1.54, 1.807) is 11.3 Å². The molecule has 0 saturated carbocycles. The molecular weight excluding hydrogens is 362 g/mol. The van der Waals surface area contributed by atoms with Gasteiger partial charge in [0.05, 0.1) is 5.69 Å². The third kappa shape index (κ3) is 5.46. The summed E-state index contributed by atoms with van der Waals surface area (Å²) >= 11 is 6.23. The Hall–Kier alpha value is -0.590. The number of fused-ring (bicyclic) bond motifs is 1. The SMILES string of the molecule is CCCNC1CCc2nc(NC(=O)C(C)(C)CC(C)(C)C(C)S)sc2C1. The van der Waals surface area contributed by atoms with Crippen LogP contribution in [0.2, 0.25) is 0 Å². The number of hydrogen-bond acceptors (Lipinski definition) is 5.